The Bertz CT molecular complexity index is 338. The van der Waals surface area contributed by atoms with Gasteiger partial charge < -0.3 is 10.1 Å². The summed E-state index contributed by atoms with van der Waals surface area (Å²) in [6, 6.07) is 5.34. The number of carbonyl (C=O) groups excluding carboxylic acids is 1. The van der Waals surface area contributed by atoms with Crippen molar-refractivity contribution in [1.82, 2.24) is 0 Å². The Labute approximate surface area is 65.4 Å². The fourth-order valence-corrected chi connectivity index (χ4v) is 0.963. The van der Waals surface area contributed by atoms with E-state index in [1.54, 1.807) is 18.2 Å². The van der Waals surface area contributed by atoms with Gasteiger partial charge in [0.05, 0.1) is 7.06 Å². The molecule has 0 saturated heterocycles. The van der Waals surface area contributed by atoms with Crippen LogP contribution in [0.15, 0.2) is 24.2 Å². The van der Waals surface area contributed by atoms with E-state index in [1.807, 2.05) is 0 Å². The highest BCUT2D eigenvalue weighted by Gasteiger charge is 2.13. The number of anilines is 1. The summed E-state index contributed by atoms with van der Waals surface area (Å²) in [5, 5.41) is 2.62. The van der Waals surface area contributed by atoms with E-state index in [0.717, 1.165) is 0 Å². The second kappa shape index (κ2) is 2.27. The van der Waals surface area contributed by atoms with Crippen LogP contribution in [-0.4, -0.2) is 12.5 Å². The molecular formula is C8H7NO2. The molecule has 0 saturated carbocycles. The first-order valence-electron chi connectivity index (χ1n) is 3.79. The van der Waals surface area contributed by atoms with Gasteiger partial charge in [-0.2, -0.15) is 0 Å². The molecular weight excluding hydrogens is 142 g/mol. The maximum Gasteiger partial charge on any atom is 0.262 e. The van der Waals surface area contributed by atoms with Crippen LogP contribution in [-0.2, 0) is 4.79 Å². The van der Waals surface area contributed by atoms with Crippen molar-refractivity contribution in [2.75, 3.05) is 11.9 Å². The predicted octanol–water partition coefficient (Wildman–Crippen LogP) is 1.02. The molecule has 0 atom stereocenters. The highest BCUT2D eigenvalue weighted by Crippen LogP contribution is 2.25. The summed E-state index contributed by atoms with van der Waals surface area (Å²) in [7, 11) is 0. The number of para-hydroxylation sites is 2. The molecule has 1 amide bonds. The first-order chi connectivity index (χ1) is 5.77. The minimum absolute atomic E-state index is 0.00287. The zero-order valence-electron chi connectivity index (χ0n) is 6.76. The maximum atomic E-state index is 10.8. The fraction of sp³-hybridized carbons (Fsp3) is 0.125. The summed E-state index contributed by atoms with van der Waals surface area (Å²) in [6.07, 6.45) is 0. The molecule has 1 heterocycles. The highest BCUT2D eigenvalue weighted by atomic mass is 16.5. The zero-order valence-corrected chi connectivity index (χ0v) is 5.76. The number of amides is 1. The molecule has 1 aliphatic rings. The number of hydrogen-bond donors (Lipinski definition) is 1. The average Bonchev–Trinajstić information content (AvgIpc) is 2.04. The van der Waals surface area contributed by atoms with Crippen LogP contribution in [0.25, 0.3) is 0 Å². The number of ether oxygens (including phenoxy) is 1. The van der Waals surface area contributed by atoms with Crippen LogP contribution in [0.1, 0.15) is 1.37 Å². The van der Waals surface area contributed by atoms with E-state index in [1.165, 1.54) is 0 Å². The third-order valence-corrected chi connectivity index (χ3v) is 1.44. The Kier molecular flexibility index (Phi) is 1.07. The Hall–Kier alpha value is -1.51. The van der Waals surface area contributed by atoms with Crippen LogP contribution in [0.5, 0.6) is 5.75 Å². The Morgan fingerprint density at radius 1 is 1.64 bits per heavy atom. The molecule has 0 fully saturated rings. The van der Waals surface area contributed by atoms with Crippen LogP contribution in [0.4, 0.5) is 5.69 Å². The molecule has 2 rings (SSSR count). The predicted molar refractivity (Wildman–Crippen MR) is 40.6 cm³/mol. The van der Waals surface area contributed by atoms with Crippen LogP contribution in [0.2, 0.25) is 0 Å². The van der Waals surface area contributed by atoms with Crippen LogP contribution < -0.4 is 10.1 Å². The largest absolute Gasteiger partial charge is 0.482 e. The molecule has 0 radical (unpaired) electrons. The lowest BCUT2D eigenvalue weighted by molar-refractivity contribution is -0.118. The third-order valence-electron chi connectivity index (χ3n) is 1.44. The summed E-state index contributed by atoms with van der Waals surface area (Å²) < 4.78 is 12.5. The van der Waals surface area contributed by atoms with Gasteiger partial charge in [-0.1, -0.05) is 12.1 Å². The molecule has 1 aromatic carbocycles. The molecule has 1 aliphatic heterocycles. The summed E-state index contributed by atoms with van der Waals surface area (Å²) >= 11 is 0. The normalized spacial score (nSPS) is 16.0. The van der Waals surface area contributed by atoms with Gasteiger partial charge in [-0.3, -0.25) is 4.79 Å². The minimum Gasteiger partial charge on any atom is -0.482 e. The molecule has 56 valence electrons. The molecule has 11 heavy (non-hydrogen) atoms. The smallest absolute Gasteiger partial charge is 0.262 e. The van der Waals surface area contributed by atoms with Crippen LogP contribution in [0.3, 0.4) is 0 Å². The summed E-state index contributed by atoms with van der Waals surface area (Å²) in [4.78, 5) is 10.8. The summed E-state index contributed by atoms with van der Waals surface area (Å²) in [5.74, 6) is 0.283. The standard InChI is InChI=1S/C8H7NO2/c10-8-5-11-7-4-2-1-3-6(7)9-8/h1-4H,5H2,(H,9,10)/i4D. The number of benzene rings is 1. The van der Waals surface area contributed by atoms with Crippen molar-refractivity contribution in [3.05, 3.63) is 24.2 Å². The average molecular weight is 150 g/mol. The van der Waals surface area contributed by atoms with Crippen molar-refractivity contribution in [3.8, 4) is 5.75 Å². The van der Waals surface area contributed by atoms with Crippen molar-refractivity contribution in [1.29, 1.82) is 0 Å². The quantitative estimate of drug-likeness (QED) is 0.599. The van der Waals surface area contributed by atoms with E-state index in [9.17, 15) is 4.79 Å². The van der Waals surface area contributed by atoms with Crippen molar-refractivity contribution in [2.24, 2.45) is 0 Å². The molecule has 0 unspecified atom stereocenters. The second-order valence-corrected chi connectivity index (χ2v) is 2.25. The molecule has 1 N–H and O–H groups in total. The first kappa shape index (κ1) is 5.18. The topological polar surface area (TPSA) is 38.3 Å². The van der Waals surface area contributed by atoms with Crippen molar-refractivity contribution >= 4 is 11.6 Å². The van der Waals surface area contributed by atoms with Gasteiger partial charge in [-0.05, 0) is 12.1 Å². The van der Waals surface area contributed by atoms with E-state index < -0.39 is 0 Å². The first-order valence-corrected chi connectivity index (χ1v) is 3.29. The molecule has 1 aromatic rings. The van der Waals surface area contributed by atoms with Crippen molar-refractivity contribution in [2.45, 2.75) is 0 Å². The van der Waals surface area contributed by atoms with Crippen molar-refractivity contribution in [3.63, 3.8) is 0 Å². The van der Waals surface area contributed by atoms with Gasteiger partial charge in [0.25, 0.3) is 5.91 Å². The van der Waals surface area contributed by atoms with Crippen LogP contribution >= 0.6 is 0 Å². The fourth-order valence-electron chi connectivity index (χ4n) is 0.963. The number of carbonyl (C=O) groups is 1. The molecule has 0 aliphatic carbocycles. The van der Waals surface area contributed by atoms with Gasteiger partial charge in [0.15, 0.2) is 6.61 Å². The molecule has 0 bridgehead atoms. The van der Waals surface area contributed by atoms with E-state index in [-0.39, 0.29) is 12.5 Å². The molecule has 0 spiro atoms. The molecule has 0 aromatic heterocycles. The van der Waals surface area contributed by atoms with E-state index in [4.69, 9.17) is 6.11 Å². The van der Waals surface area contributed by atoms with E-state index in [2.05, 4.69) is 5.32 Å². The van der Waals surface area contributed by atoms with Gasteiger partial charge in [0, 0.05) is 0 Å². The number of nitrogens with one attached hydrogen (secondary N) is 1. The zero-order chi connectivity index (χ0) is 8.55. The number of hydrogen-bond acceptors (Lipinski definition) is 2. The summed E-state index contributed by atoms with van der Waals surface area (Å²) in [5.41, 5.74) is 0.582. The second-order valence-electron chi connectivity index (χ2n) is 2.25. The van der Waals surface area contributed by atoms with Crippen molar-refractivity contribution < 1.29 is 10.9 Å². The maximum absolute atomic E-state index is 10.8. The minimum atomic E-state index is -0.173. The summed E-state index contributed by atoms with van der Waals surface area (Å²) in [6.45, 7) is 0.00287. The Morgan fingerprint density at radius 3 is 3.45 bits per heavy atom. The van der Waals surface area contributed by atoms with Gasteiger partial charge >= 0.3 is 0 Å². The Balaban J connectivity index is 2.48. The number of fused-ring (bicyclic) bond motifs is 1. The number of rotatable bonds is 0. The SMILES string of the molecule is [2H]c1cccc2c1OCC(=O)N2. The highest BCUT2D eigenvalue weighted by molar-refractivity contribution is 5.95. The lowest BCUT2D eigenvalue weighted by Gasteiger charge is -2.16. The lowest BCUT2D eigenvalue weighted by atomic mass is 10.2. The van der Waals surface area contributed by atoms with Gasteiger partial charge in [-0.25, -0.2) is 0 Å². The van der Waals surface area contributed by atoms with Gasteiger partial charge in [0.2, 0.25) is 0 Å². The van der Waals surface area contributed by atoms with Gasteiger partial charge in [-0.15, -0.1) is 0 Å². The van der Waals surface area contributed by atoms with E-state index in [0.29, 0.717) is 17.5 Å². The van der Waals surface area contributed by atoms with Gasteiger partial charge in [0.1, 0.15) is 5.75 Å². The molecule has 3 heteroatoms. The monoisotopic (exact) mass is 150 g/mol. The third kappa shape index (κ3) is 1.05. The van der Waals surface area contributed by atoms with E-state index >= 15 is 0 Å². The Morgan fingerprint density at radius 2 is 2.55 bits per heavy atom. The molecule has 3 nitrogen and oxygen atoms in total. The lowest BCUT2D eigenvalue weighted by Crippen LogP contribution is -2.25. The van der Waals surface area contributed by atoms with Crippen LogP contribution in [0, 0.1) is 0 Å².